The van der Waals surface area contributed by atoms with Crippen LogP contribution in [-0.4, -0.2) is 11.7 Å². The number of para-hydroxylation sites is 1. The first kappa shape index (κ1) is 14.9. The number of aliphatic hydroxyl groups excluding tert-OH is 1. The molecular weight excluding hydrogens is 375 g/mol. The number of aryl methyl sites for hydroxylation is 1. The standard InChI is InChI=1S/C18H19IO2/c1-12-5-4-7-15(18(12)19)16(20)11-13-9-10-21-17-8-3-2-6-14(13)17/h2-8,13,16,20H,9-11H2,1H3. The van der Waals surface area contributed by atoms with E-state index in [0.717, 1.165) is 30.8 Å². The number of aliphatic hydroxyl groups is 1. The van der Waals surface area contributed by atoms with Crippen molar-refractivity contribution in [1.82, 2.24) is 0 Å². The van der Waals surface area contributed by atoms with Crippen molar-refractivity contribution in [1.29, 1.82) is 0 Å². The largest absolute Gasteiger partial charge is 0.493 e. The minimum atomic E-state index is -0.423. The molecule has 0 spiro atoms. The second kappa shape index (κ2) is 6.36. The number of halogens is 1. The Labute approximate surface area is 139 Å². The quantitative estimate of drug-likeness (QED) is 0.772. The molecule has 0 aliphatic carbocycles. The summed E-state index contributed by atoms with van der Waals surface area (Å²) >= 11 is 2.33. The van der Waals surface area contributed by atoms with Crippen LogP contribution in [0.25, 0.3) is 0 Å². The van der Waals surface area contributed by atoms with E-state index in [1.807, 2.05) is 30.3 Å². The van der Waals surface area contributed by atoms with Crippen molar-refractivity contribution in [3.8, 4) is 5.75 Å². The van der Waals surface area contributed by atoms with E-state index >= 15 is 0 Å². The van der Waals surface area contributed by atoms with Crippen LogP contribution < -0.4 is 4.74 Å². The molecule has 1 heterocycles. The van der Waals surface area contributed by atoms with Crippen LogP contribution >= 0.6 is 22.6 Å². The Kier molecular flexibility index (Phi) is 4.50. The molecule has 0 amide bonds. The Morgan fingerprint density at radius 3 is 2.90 bits per heavy atom. The van der Waals surface area contributed by atoms with E-state index in [1.165, 1.54) is 14.7 Å². The lowest BCUT2D eigenvalue weighted by Crippen LogP contribution is -2.17. The fraction of sp³-hybridized carbons (Fsp3) is 0.333. The predicted octanol–water partition coefficient (Wildman–Crippen LogP) is 4.59. The minimum absolute atomic E-state index is 0.362. The molecule has 3 rings (SSSR count). The van der Waals surface area contributed by atoms with Gasteiger partial charge >= 0.3 is 0 Å². The number of fused-ring (bicyclic) bond motifs is 1. The summed E-state index contributed by atoms with van der Waals surface area (Å²) in [6.07, 6.45) is 1.30. The van der Waals surface area contributed by atoms with E-state index in [1.54, 1.807) is 0 Å². The second-order valence-electron chi connectivity index (χ2n) is 5.60. The zero-order valence-electron chi connectivity index (χ0n) is 12.1. The van der Waals surface area contributed by atoms with Crippen molar-refractivity contribution in [3.63, 3.8) is 0 Å². The highest BCUT2D eigenvalue weighted by Crippen LogP contribution is 2.39. The molecule has 21 heavy (non-hydrogen) atoms. The maximum Gasteiger partial charge on any atom is 0.122 e. The maximum atomic E-state index is 10.7. The summed E-state index contributed by atoms with van der Waals surface area (Å²) in [6, 6.07) is 14.3. The lowest BCUT2D eigenvalue weighted by Gasteiger charge is -2.28. The van der Waals surface area contributed by atoms with E-state index in [0.29, 0.717) is 5.92 Å². The average molecular weight is 394 g/mol. The molecule has 0 saturated heterocycles. The van der Waals surface area contributed by atoms with Crippen molar-refractivity contribution < 1.29 is 9.84 Å². The molecule has 0 bridgehead atoms. The highest BCUT2D eigenvalue weighted by molar-refractivity contribution is 14.1. The summed E-state index contributed by atoms with van der Waals surface area (Å²) in [6.45, 7) is 2.82. The molecule has 0 aromatic heterocycles. The van der Waals surface area contributed by atoms with E-state index in [9.17, 15) is 5.11 Å². The fourth-order valence-corrected chi connectivity index (χ4v) is 3.70. The molecule has 1 N–H and O–H groups in total. The van der Waals surface area contributed by atoms with Gasteiger partial charge in [0, 0.05) is 3.57 Å². The van der Waals surface area contributed by atoms with Crippen molar-refractivity contribution >= 4 is 22.6 Å². The summed E-state index contributed by atoms with van der Waals surface area (Å²) in [4.78, 5) is 0. The smallest absolute Gasteiger partial charge is 0.122 e. The van der Waals surface area contributed by atoms with Crippen LogP contribution in [0.5, 0.6) is 5.75 Å². The summed E-state index contributed by atoms with van der Waals surface area (Å²) in [5, 5.41) is 10.7. The van der Waals surface area contributed by atoms with Gasteiger partial charge < -0.3 is 9.84 Å². The van der Waals surface area contributed by atoms with E-state index < -0.39 is 6.10 Å². The van der Waals surface area contributed by atoms with Crippen molar-refractivity contribution in [2.75, 3.05) is 6.61 Å². The van der Waals surface area contributed by atoms with E-state index in [-0.39, 0.29) is 0 Å². The first-order valence-electron chi connectivity index (χ1n) is 7.31. The Bertz CT molecular complexity index is 639. The zero-order valence-corrected chi connectivity index (χ0v) is 14.2. The minimum Gasteiger partial charge on any atom is -0.493 e. The molecule has 2 atom stereocenters. The van der Waals surface area contributed by atoms with Crippen molar-refractivity contribution in [2.45, 2.75) is 31.8 Å². The normalized spacial score (nSPS) is 18.7. The Morgan fingerprint density at radius 2 is 2.05 bits per heavy atom. The molecule has 0 saturated carbocycles. The lowest BCUT2D eigenvalue weighted by atomic mass is 9.86. The molecular formula is C18H19IO2. The van der Waals surface area contributed by atoms with Gasteiger partial charge in [-0.25, -0.2) is 0 Å². The SMILES string of the molecule is Cc1cccc(C(O)CC2CCOc3ccccc32)c1I. The Morgan fingerprint density at radius 1 is 1.24 bits per heavy atom. The maximum absolute atomic E-state index is 10.7. The number of hydrogen-bond acceptors (Lipinski definition) is 2. The summed E-state index contributed by atoms with van der Waals surface area (Å²) in [5.74, 6) is 1.33. The molecule has 0 radical (unpaired) electrons. The number of rotatable bonds is 3. The molecule has 3 heteroatoms. The first-order valence-corrected chi connectivity index (χ1v) is 8.39. The van der Waals surface area contributed by atoms with Gasteiger partial charge in [0.25, 0.3) is 0 Å². The summed E-state index contributed by atoms with van der Waals surface area (Å²) in [5.41, 5.74) is 3.49. The second-order valence-corrected chi connectivity index (χ2v) is 6.68. The van der Waals surface area contributed by atoms with Gasteiger partial charge in [0.2, 0.25) is 0 Å². The van der Waals surface area contributed by atoms with Crippen LogP contribution in [-0.2, 0) is 0 Å². The monoisotopic (exact) mass is 394 g/mol. The van der Waals surface area contributed by atoms with Gasteiger partial charge in [0.05, 0.1) is 12.7 Å². The lowest BCUT2D eigenvalue weighted by molar-refractivity contribution is 0.144. The van der Waals surface area contributed by atoms with Gasteiger partial charge in [-0.1, -0.05) is 36.4 Å². The molecule has 1 aliphatic heterocycles. The highest BCUT2D eigenvalue weighted by Gasteiger charge is 2.25. The third kappa shape index (κ3) is 3.09. The van der Waals surface area contributed by atoms with Crippen molar-refractivity contribution in [2.24, 2.45) is 0 Å². The summed E-state index contributed by atoms with van der Waals surface area (Å²) in [7, 11) is 0. The van der Waals surface area contributed by atoms with Gasteiger partial charge in [-0.05, 0) is 71.0 Å². The van der Waals surface area contributed by atoms with E-state index in [4.69, 9.17) is 4.74 Å². The third-order valence-electron chi connectivity index (χ3n) is 4.17. The van der Waals surface area contributed by atoms with Crippen LogP contribution in [0.4, 0.5) is 0 Å². The average Bonchev–Trinajstić information content (AvgIpc) is 2.50. The van der Waals surface area contributed by atoms with Gasteiger partial charge in [-0.3, -0.25) is 0 Å². The molecule has 0 fully saturated rings. The third-order valence-corrected chi connectivity index (χ3v) is 5.64. The molecule has 110 valence electrons. The molecule has 2 aromatic carbocycles. The van der Waals surface area contributed by atoms with Crippen LogP contribution in [0, 0.1) is 10.5 Å². The number of benzene rings is 2. The summed E-state index contributed by atoms with van der Waals surface area (Å²) < 4.78 is 6.87. The number of hydrogen-bond donors (Lipinski definition) is 1. The molecule has 2 nitrogen and oxygen atoms in total. The molecule has 1 aliphatic rings. The van der Waals surface area contributed by atoms with Crippen LogP contribution in [0.1, 0.15) is 41.6 Å². The number of ether oxygens (including phenoxy) is 1. The van der Waals surface area contributed by atoms with Crippen LogP contribution in [0.15, 0.2) is 42.5 Å². The Hall–Kier alpha value is -1.07. The van der Waals surface area contributed by atoms with Gasteiger partial charge in [-0.2, -0.15) is 0 Å². The zero-order chi connectivity index (χ0) is 14.8. The highest BCUT2D eigenvalue weighted by atomic mass is 127. The van der Waals surface area contributed by atoms with Crippen LogP contribution in [0.3, 0.4) is 0 Å². The van der Waals surface area contributed by atoms with Gasteiger partial charge in [-0.15, -0.1) is 0 Å². The predicted molar refractivity (Wildman–Crippen MR) is 92.8 cm³/mol. The fourth-order valence-electron chi connectivity index (χ4n) is 2.98. The van der Waals surface area contributed by atoms with Gasteiger partial charge in [0.1, 0.15) is 5.75 Å². The Balaban J connectivity index is 1.83. The topological polar surface area (TPSA) is 29.5 Å². The van der Waals surface area contributed by atoms with Crippen molar-refractivity contribution in [3.05, 3.63) is 62.7 Å². The van der Waals surface area contributed by atoms with Crippen LogP contribution in [0.2, 0.25) is 0 Å². The van der Waals surface area contributed by atoms with E-state index in [2.05, 4.69) is 41.6 Å². The first-order chi connectivity index (χ1) is 10.2. The van der Waals surface area contributed by atoms with Gasteiger partial charge in [0.15, 0.2) is 0 Å². The molecule has 2 aromatic rings. The molecule has 2 unspecified atom stereocenters.